The van der Waals surface area contributed by atoms with E-state index < -0.39 is 0 Å². The van der Waals surface area contributed by atoms with Gasteiger partial charge in [-0.25, -0.2) is 0 Å². The van der Waals surface area contributed by atoms with E-state index in [1.807, 2.05) is 32.0 Å². The van der Waals surface area contributed by atoms with Crippen molar-refractivity contribution in [3.8, 4) is 0 Å². The number of hydrogen-bond donors (Lipinski definition) is 1. The largest absolute Gasteiger partial charge is 0.339 e. The van der Waals surface area contributed by atoms with Crippen molar-refractivity contribution in [1.82, 2.24) is 9.80 Å². The molecule has 2 fully saturated rings. The third-order valence-electron chi connectivity index (χ3n) is 5.61. The maximum Gasteiger partial charge on any atom is 0.253 e. The van der Waals surface area contributed by atoms with E-state index in [-0.39, 0.29) is 11.8 Å². The molecule has 26 heavy (non-hydrogen) atoms. The Labute approximate surface area is 156 Å². The van der Waals surface area contributed by atoms with Gasteiger partial charge in [-0.05, 0) is 70.6 Å². The van der Waals surface area contributed by atoms with Crippen LogP contribution < -0.4 is 5.32 Å². The van der Waals surface area contributed by atoms with Crippen LogP contribution in [0, 0.1) is 5.92 Å². The average Bonchev–Trinajstić information content (AvgIpc) is 3.52. The molecule has 2 aliphatic carbocycles. The predicted molar refractivity (Wildman–Crippen MR) is 104 cm³/mol. The average molecular weight is 357 g/mol. The topological polar surface area (TPSA) is 52.7 Å². The summed E-state index contributed by atoms with van der Waals surface area (Å²) in [4.78, 5) is 29.2. The van der Waals surface area contributed by atoms with E-state index in [1.165, 1.54) is 25.7 Å². The second kappa shape index (κ2) is 8.21. The van der Waals surface area contributed by atoms with Gasteiger partial charge in [-0.15, -0.1) is 0 Å². The molecule has 0 radical (unpaired) electrons. The quantitative estimate of drug-likeness (QED) is 0.737. The van der Waals surface area contributed by atoms with Crippen LogP contribution in [0.15, 0.2) is 24.3 Å². The minimum atomic E-state index is 0.00746. The van der Waals surface area contributed by atoms with Crippen LogP contribution in [-0.2, 0) is 4.79 Å². The number of nitrogens with zero attached hydrogens (tertiary/aromatic N) is 2. The molecular formula is C21H31N3O2. The summed E-state index contributed by atoms with van der Waals surface area (Å²) in [5, 5.41) is 2.99. The molecule has 0 bridgehead atoms. The fourth-order valence-electron chi connectivity index (χ4n) is 3.65. The van der Waals surface area contributed by atoms with E-state index in [0.717, 1.165) is 5.92 Å². The Balaban J connectivity index is 1.61. The van der Waals surface area contributed by atoms with Gasteiger partial charge in [0.25, 0.3) is 5.91 Å². The maximum atomic E-state index is 12.6. The van der Waals surface area contributed by atoms with Gasteiger partial charge in [0.1, 0.15) is 0 Å². The molecule has 0 spiro atoms. The lowest BCUT2D eigenvalue weighted by Crippen LogP contribution is -2.42. The fraction of sp³-hybridized carbons (Fsp3) is 0.619. The molecule has 1 unspecified atom stereocenters. The van der Waals surface area contributed by atoms with Crippen molar-refractivity contribution in [2.75, 3.05) is 25.0 Å². The number of hydrogen-bond acceptors (Lipinski definition) is 3. The highest BCUT2D eigenvalue weighted by Crippen LogP contribution is 2.39. The van der Waals surface area contributed by atoms with Crippen LogP contribution in [0.5, 0.6) is 0 Å². The van der Waals surface area contributed by atoms with Gasteiger partial charge in [-0.1, -0.05) is 6.07 Å². The zero-order chi connectivity index (χ0) is 18.7. The van der Waals surface area contributed by atoms with Crippen molar-refractivity contribution in [3.63, 3.8) is 0 Å². The zero-order valence-electron chi connectivity index (χ0n) is 16.2. The summed E-state index contributed by atoms with van der Waals surface area (Å²) in [7, 11) is 0. The van der Waals surface area contributed by atoms with Crippen molar-refractivity contribution < 1.29 is 9.59 Å². The Morgan fingerprint density at radius 1 is 1.15 bits per heavy atom. The van der Waals surface area contributed by atoms with Gasteiger partial charge in [0.2, 0.25) is 5.91 Å². The first-order valence-corrected chi connectivity index (χ1v) is 9.98. The van der Waals surface area contributed by atoms with Crippen LogP contribution in [0.2, 0.25) is 0 Å². The molecular weight excluding hydrogens is 326 g/mol. The minimum Gasteiger partial charge on any atom is -0.339 e. The fourth-order valence-corrected chi connectivity index (χ4v) is 3.65. The third-order valence-corrected chi connectivity index (χ3v) is 5.61. The van der Waals surface area contributed by atoms with E-state index in [2.05, 4.69) is 17.1 Å². The summed E-state index contributed by atoms with van der Waals surface area (Å²) in [5.41, 5.74) is 1.32. The summed E-state index contributed by atoms with van der Waals surface area (Å²) >= 11 is 0. The van der Waals surface area contributed by atoms with Crippen molar-refractivity contribution in [1.29, 1.82) is 0 Å². The van der Waals surface area contributed by atoms with Crippen LogP contribution in [0.1, 0.15) is 56.8 Å². The monoisotopic (exact) mass is 357 g/mol. The minimum absolute atomic E-state index is 0.00746. The normalized spacial score (nSPS) is 17.8. The summed E-state index contributed by atoms with van der Waals surface area (Å²) in [6.45, 7) is 8.01. The second-order valence-electron chi connectivity index (χ2n) is 7.59. The van der Waals surface area contributed by atoms with E-state index in [9.17, 15) is 9.59 Å². The SMILES string of the molecule is CCN(CC)C(=O)c1cccc(NC(=O)CN(C2CC2)C(C)C2CC2)c1. The molecule has 2 aliphatic rings. The first-order chi connectivity index (χ1) is 12.5. The van der Waals surface area contributed by atoms with Gasteiger partial charge < -0.3 is 10.2 Å². The van der Waals surface area contributed by atoms with Gasteiger partial charge in [0.05, 0.1) is 6.54 Å². The smallest absolute Gasteiger partial charge is 0.253 e. The standard InChI is InChI=1S/C21H31N3O2/c1-4-23(5-2)21(26)17-7-6-8-18(13-17)22-20(25)14-24(19-11-12-19)15(3)16-9-10-16/h6-8,13,15-16,19H,4-5,9-12,14H2,1-3H3,(H,22,25). The molecule has 2 saturated carbocycles. The predicted octanol–water partition coefficient (Wildman–Crippen LogP) is 3.37. The van der Waals surface area contributed by atoms with E-state index in [0.29, 0.717) is 43.0 Å². The Bertz CT molecular complexity index is 648. The van der Waals surface area contributed by atoms with Gasteiger partial charge in [0.15, 0.2) is 0 Å². The molecule has 2 amide bonds. The summed E-state index contributed by atoms with van der Waals surface area (Å²) in [6.07, 6.45) is 5.00. The molecule has 5 nitrogen and oxygen atoms in total. The van der Waals surface area contributed by atoms with Gasteiger partial charge >= 0.3 is 0 Å². The highest BCUT2D eigenvalue weighted by Gasteiger charge is 2.39. The van der Waals surface area contributed by atoms with Crippen molar-refractivity contribution >= 4 is 17.5 Å². The van der Waals surface area contributed by atoms with E-state index in [1.54, 1.807) is 11.0 Å². The lowest BCUT2D eigenvalue weighted by Gasteiger charge is -2.28. The molecule has 142 valence electrons. The van der Waals surface area contributed by atoms with Gasteiger partial charge in [0, 0.05) is 36.4 Å². The molecule has 1 aromatic carbocycles. The number of nitrogens with one attached hydrogen (secondary N) is 1. The number of benzene rings is 1. The van der Waals surface area contributed by atoms with Crippen molar-refractivity contribution in [3.05, 3.63) is 29.8 Å². The molecule has 1 atom stereocenters. The highest BCUT2D eigenvalue weighted by molar-refractivity contribution is 5.97. The van der Waals surface area contributed by atoms with Crippen LogP contribution in [0.3, 0.4) is 0 Å². The van der Waals surface area contributed by atoms with Crippen molar-refractivity contribution in [2.45, 2.75) is 58.5 Å². The Morgan fingerprint density at radius 2 is 1.85 bits per heavy atom. The third kappa shape index (κ3) is 4.64. The number of anilines is 1. The Hall–Kier alpha value is -1.88. The molecule has 0 saturated heterocycles. The molecule has 0 aliphatic heterocycles. The summed E-state index contributed by atoms with van der Waals surface area (Å²) in [5.74, 6) is 0.781. The maximum absolute atomic E-state index is 12.6. The molecule has 3 rings (SSSR count). The van der Waals surface area contributed by atoms with Crippen LogP contribution in [0.25, 0.3) is 0 Å². The van der Waals surface area contributed by atoms with Crippen molar-refractivity contribution in [2.24, 2.45) is 5.92 Å². The molecule has 0 heterocycles. The summed E-state index contributed by atoms with van der Waals surface area (Å²) < 4.78 is 0. The highest BCUT2D eigenvalue weighted by atomic mass is 16.2. The lowest BCUT2D eigenvalue weighted by molar-refractivity contribution is -0.118. The van der Waals surface area contributed by atoms with Crippen LogP contribution in [-0.4, -0.2) is 53.3 Å². The zero-order valence-corrected chi connectivity index (χ0v) is 16.2. The first-order valence-electron chi connectivity index (χ1n) is 9.98. The van der Waals surface area contributed by atoms with E-state index >= 15 is 0 Å². The molecule has 1 aromatic rings. The molecule has 0 aromatic heterocycles. The summed E-state index contributed by atoms with van der Waals surface area (Å²) in [6, 6.07) is 8.34. The Morgan fingerprint density at radius 3 is 2.42 bits per heavy atom. The Kier molecular flexibility index (Phi) is 5.97. The number of carbonyl (C=O) groups is 2. The van der Waals surface area contributed by atoms with Crippen LogP contribution in [0.4, 0.5) is 5.69 Å². The lowest BCUT2D eigenvalue weighted by atomic mass is 10.1. The van der Waals surface area contributed by atoms with Gasteiger partial charge in [-0.2, -0.15) is 0 Å². The van der Waals surface area contributed by atoms with Crippen LogP contribution >= 0.6 is 0 Å². The van der Waals surface area contributed by atoms with Gasteiger partial charge in [-0.3, -0.25) is 14.5 Å². The second-order valence-corrected chi connectivity index (χ2v) is 7.59. The molecule has 5 heteroatoms. The van der Waals surface area contributed by atoms with E-state index in [4.69, 9.17) is 0 Å². The number of rotatable bonds is 9. The molecule has 1 N–H and O–H groups in total. The number of carbonyl (C=O) groups excluding carboxylic acids is 2. The first kappa shape index (κ1) is 18.9. The number of amides is 2.